The van der Waals surface area contributed by atoms with Crippen LogP contribution in [0.25, 0.3) is 0 Å². The molecule has 1 saturated heterocycles. The minimum Gasteiger partial charge on any atom is -0.398 e. The van der Waals surface area contributed by atoms with Gasteiger partial charge in [0, 0.05) is 11.6 Å². The molecule has 146 valence electrons. The second-order valence-corrected chi connectivity index (χ2v) is 8.64. The second kappa shape index (κ2) is 9.34. The molecule has 1 aromatic carbocycles. The van der Waals surface area contributed by atoms with Gasteiger partial charge in [0.25, 0.3) is 5.91 Å². The molecule has 0 spiro atoms. The van der Waals surface area contributed by atoms with Crippen LogP contribution >= 0.6 is 0 Å². The third-order valence-electron chi connectivity index (χ3n) is 4.71. The number of sulfone groups is 1. The van der Waals surface area contributed by atoms with Crippen LogP contribution in [0.2, 0.25) is 0 Å². The van der Waals surface area contributed by atoms with Gasteiger partial charge in [0.15, 0.2) is 9.84 Å². The molecule has 1 heterocycles. The molecule has 1 unspecified atom stereocenters. The quantitative estimate of drug-likeness (QED) is 0.384. The molecule has 3 N–H and O–H groups in total. The number of amides is 1. The monoisotopic (exact) mass is 383 g/mol. The molecule has 1 aromatic rings. The van der Waals surface area contributed by atoms with E-state index in [1.807, 2.05) is 0 Å². The SMILES string of the molecule is CCCS(=O)(=O)c1cc(C(=O)NOCCC2CCCN2CC)ccc1N. The van der Waals surface area contributed by atoms with E-state index in [4.69, 9.17) is 10.6 Å². The van der Waals surface area contributed by atoms with Gasteiger partial charge in [0.1, 0.15) is 0 Å². The lowest BCUT2D eigenvalue weighted by Gasteiger charge is -2.22. The van der Waals surface area contributed by atoms with E-state index in [9.17, 15) is 13.2 Å². The summed E-state index contributed by atoms with van der Waals surface area (Å²) in [7, 11) is -3.49. The fraction of sp³-hybridized carbons (Fsp3) is 0.611. The van der Waals surface area contributed by atoms with E-state index in [1.54, 1.807) is 6.92 Å². The van der Waals surface area contributed by atoms with Crippen molar-refractivity contribution < 1.29 is 18.0 Å². The first-order valence-corrected chi connectivity index (χ1v) is 10.8. The Bertz CT molecular complexity index is 721. The standard InChI is InChI=1S/C18H29N3O4S/c1-3-12-26(23,24)17-13-14(7-8-16(17)19)18(22)20-25-11-9-15-6-5-10-21(15)4-2/h7-8,13,15H,3-6,9-12,19H2,1-2H3,(H,20,22). The normalized spacial score (nSPS) is 18.2. The first kappa shape index (κ1) is 20.7. The first-order valence-electron chi connectivity index (χ1n) is 9.17. The number of hydrogen-bond acceptors (Lipinski definition) is 6. The maximum Gasteiger partial charge on any atom is 0.274 e. The highest BCUT2D eigenvalue weighted by atomic mass is 32.2. The third-order valence-corrected chi connectivity index (χ3v) is 6.68. The van der Waals surface area contributed by atoms with Crippen molar-refractivity contribution >= 4 is 21.4 Å². The van der Waals surface area contributed by atoms with Crippen molar-refractivity contribution in [3.63, 3.8) is 0 Å². The minimum absolute atomic E-state index is 0.00320. The zero-order valence-electron chi connectivity index (χ0n) is 15.5. The number of hydroxylamine groups is 1. The van der Waals surface area contributed by atoms with Crippen LogP contribution in [0.5, 0.6) is 0 Å². The van der Waals surface area contributed by atoms with E-state index in [-0.39, 0.29) is 21.9 Å². The first-order chi connectivity index (χ1) is 12.4. The van der Waals surface area contributed by atoms with E-state index in [1.165, 1.54) is 24.6 Å². The van der Waals surface area contributed by atoms with Gasteiger partial charge in [-0.15, -0.1) is 0 Å². The molecule has 1 aliphatic rings. The Morgan fingerprint density at radius 3 is 2.85 bits per heavy atom. The number of nitrogens with two attached hydrogens (primary N) is 1. The summed E-state index contributed by atoms with van der Waals surface area (Å²) < 4.78 is 24.5. The maximum atomic E-state index is 12.2. The molecule has 0 bridgehead atoms. The summed E-state index contributed by atoms with van der Waals surface area (Å²) in [4.78, 5) is 19.9. The predicted molar refractivity (Wildman–Crippen MR) is 102 cm³/mol. The highest BCUT2D eigenvalue weighted by Crippen LogP contribution is 2.22. The largest absolute Gasteiger partial charge is 0.398 e. The predicted octanol–water partition coefficient (Wildman–Crippen LogP) is 1.99. The van der Waals surface area contributed by atoms with Crippen LogP contribution in [0.4, 0.5) is 5.69 Å². The lowest BCUT2D eigenvalue weighted by Crippen LogP contribution is -2.32. The van der Waals surface area contributed by atoms with E-state index in [2.05, 4.69) is 17.3 Å². The van der Waals surface area contributed by atoms with Crippen molar-refractivity contribution in [1.29, 1.82) is 0 Å². The van der Waals surface area contributed by atoms with Gasteiger partial charge in [-0.3, -0.25) is 9.63 Å². The van der Waals surface area contributed by atoms with Gasteiger partial charge in [0.2, 0.25) is 0 Å². The lowest BCUT2D eigenvalue weighted by molar-refractivity contribution is 0.0243. The zero-order valence-corrected chi connectivity index (χ0v) is 16.3. The molecular weight excluding hydrogens is 354 g/mol. The molecule has 1 fully saturated rings. The Labute approximate surface area is 155 Å². The highest BCUT2D eigenvalue weighted by Gasteiger charge is 2.23. The van der Waals surface area contributed by atoms with Crippen molar-refractivity contribution in [3.05, 3.63) is 23.8 Å². The third kappa shape index (κ3) is 5.18. The van der Waals surface area contributed by atoms with Crippen LogP contribution in [0, 0.1) is 0 Å². The zero-order chi connectivity index (χ0) is 19.2. The molecule has 1 atom stereocenters. The molecule has 26 heavy (non-hydrogen) atoms. The van der Waals surface area contributed by atoms with E-state index in [0.29, 0.717) is 19.1 Å². The van der Waals surface area contributed by atoms with Crippen LogP contribution in [-0.4, -0.2) is 50.7 Å². The number of carbonyl (C=O) groups is 1. The van der Waals surface area contributed by atoms with Gasteiger partial charge in [0.05, 0.1) is 22.9 Å². The van der Waals surface area contributed by atoms with Crippen LogP contribution in [0.1, 0.15) is 49.9 Å². The van der Waals surface area contributed by atoms with E-state index in [0.717, 1.165) is 25.9 Å². The van der Waals surface area contributed by atoms with Crippen molar-refractivity contribution in [2.45, 2.75) is 50.5 Å². The number of nitrogens with zero attached hydrogens (tertiary/aromatic N) is 1. The van der Waals surface area contributed by atoms with Crippen LogP contribution in [0.3, 0.4) is 0 Å². The molecule has 1 aliphatic heterocycles. The van der Waals surface area contributed by atoms with Gasteiger partial charge in [-0.25, -0.2) is 13.9 Å². The number of nitrogen functional groups attached to an aromatic ring is 1. The highest BCUT2D eigenvalue weighted by molar-refractivity contribution is 7.91. The molecule has 0 aromatic heterocycles. The summed E-state index contributed by atoms with van der Waals surface area (Å²) in [6.45, 7) is 6.49. The molecule has 2 rings (SSSR count). The van der Waals surface area contributed by atoms with Gasteiger partial charge >= 0.3 is 0 Å². The fourth-order valence-electron chi connectivity index (χ4n) is 3.33. The Morgan fingerprint density at radius 1 is 1.38 bits per heavy atom. The Kier molecular flexibility index (Phi) is 7.43. The second-order valence-electron chi connectivity index (χ2n) is 6.56. The smallest absolute Gasteiger partial charge is 0.274 e. The molecular formula is C18H29N3O4S. The number of hydrogen-bond donors (Lipinski definition) is 2. The Morgan fingerprint density at radius 2 is 2.15 bits per heavy atom. The van der Waals surface area contributed by atoms with Crippen LogP contribution < -0.4 is 11.2 Å². The van der Waals surface area contributed by atoms with Gasteiger partial charge in [-0.1, -0.05) is 13.8 Å². The van der Waals surface area contributed by atoms with Gasteiger partial charge in [-0.2, -0.15) is 0 Å². The summed E-state index contributed by atoms with van der Waals surface area (Å²) in [5.41, 5.74) is 8.53. The number of anilines is 1. The Hall–Kier alpha value is -1.64. The number of benzene rings is 1. The van der Waals surface area contributed by atoms with E-state index >= 15 is 0 Å². The van der Waals surface area contributed by atoms with Crippen molar-refractivity contribution in [3.8, 4) is 0 Å². The van der Waals surface area contributed by atoms with Gasteiger partial charge < -0.3 is 10.6 Å². The maximum absolute atomic E-state index is 12.2. The average molecular weight is 384 g/mol. The number of rotatable bonds is 9. The number of nitrogens with one attached hydrogen (secondary N) is 1. The molecule has 0 aliphatic carbocycles. The number of likely N-dealkylation sites (tertiary alicyclic amines) is 1. The summed E-state index contributed by atoms with van der Waals surface area (Å²) >= 11 is 0. The fourth-order valence-corrected chi connectivity index (χ4v) is 4.82. The lowest BCUT2D eigenvalue weighted by atomic mass is 10.1. The summed E-state index contributed by atoms with van der Waals surface area (Å²) in [6.07, 6.45) is 3.69. The molecule has 0 radical (unpaired) electrons. The average Bonchev–Trinajstić information content (AvgIpc) is 3.06. The summed E-state index contributed by atoms with van der Waals surface area (Å²) in [5.74, 6) is -0.481. The van der Waals surface area contributed by atoms with Crippen molar-refractivity contribution in [1.82, 2.24) is 10.4 Å². The topological polar surface area (TPSA) is 102 Å². The summed E-state index contributed by atoms with van der Waals surface area (Å²) in [5, 5.41) is 0. The van der Waals surface area contributed by atoms with Crippen molar-refractivity contribution in [2.24, 2.45) is 0 Å². The molecule has 7 nitrogen and oxygen atoms in total. The molecule has 8 heteroatoms. The number of carbonyl (C=O) groups excluding carboxylic acids is 1. The Balaban J connectivity index is 1.91. The van der Waals surface area contributed by atoms with Gasteiger partial charge in [-0.05, 0) is 57.0 Å². The molecule has 0 saturated carbocycles. The summed E-state index contributed by atoms with van der Waals surface area (Å²) in [6, 6.07) is 4.75. The van der Waals surface area contributed by atoms with Crippen molar-refractivity contribution in [2.75, 3.05) is 31.2 Å². The minimum atomic E-state index is -3.49. The van der Waals surface area contributed by atoms with Crippen LogP contribution in [0.15, 0.2) is 23.1 Å². The molecule has 1 amide bonds. The van der Waals surface area contributed by atoms with E-state index < -0.39 is 15.7 Å². The van der Waals surface area contributed by atoms with Crippen LogP contribution in [-0.2, 0) is 14.7 Å².